The van der Waals surface area contributed by atoms with Crippen LogP contribution in [0, 0.1) is 0 Å². The molecule has 2 aromatic heterocycles. The molecular formula is C76H54N4. The molecule has 80 heavy (non-hydrogen) atoms. The van der Waals surface area contributed by atoms with E-state index in [2.05, 4.69) is 222 Å². The van der Waals surface area contributed by atoms with Crippen LogP contribution in [-0.4, -0.2) is 19.9 Å². The van der Waals surface area contributed by atoms with E-state index in [0.717, 1.165) is 78.2 Å². The number of hydrogen-bond donors (Lipinski definition) is 0. The Labute approximate surface area is 466 Å². The zero-order valence-electron chi connectivity index (χ0n) is 45.0. The topological polar surface area (TPSA) is 51.6 Å². The molecule has 2 aliphatic rings. The molecule has 15 rings (SSSR count). The molecule has 11 aromatic carbocycles. The number of rotatable bonds is 8. The minimum absolute atomic E-state index is 0.197. The minimum Gasteiger partial charge on any atom is -0.244 e. The van der Waals surface area contributed by atoms with Crippen LogP contribution < -0.4 is 0 Å². The van der Waals surface area contributed by atoms with E-state index in [9.17, 15) is 0 Å². The van der Waals surface area contributed by atoms with Gasteiger partial charge in [-0.3, -0.25) is 0 Å². The minimum atomic E-state index is -0.197. The first-order valence-electron chi connectivity index (χ1n) is 27.7. The fourth-order valence-corrected chi connectivity index (χ4v) is 12.7. The Kier molecular flexibility index (Phi) is 10.9. The first-order chi connectivity index (χ1) is 39.1. The fraction of sp³-hybridized carbons (Fsp3) is 0.0789. The largest absolute Gasteiger partial charge is 0.244 e. The van der Waals surface area contributed by atoms with Gasteiger partial charge in [0.1, 0.15) is 0 Å². The third-order valence-electron chi connectivity index (χ3n) is 17.1. The van der Waals surface area contributed by atoms with E-state index in [0.29, 0.717) is 0 Å². The van der Waals surface area contributed by atoms with Crippen LogP contribution >= 0.6 is 0 Å². The van der Waals surface area contributed by atoms with Gasteiger partial charge in [0.05, 0.1) is 44.8 Å². The molecule has 0 spiro atoms. The third-order valence-corrected chi connectivity index (χ3v) is 17.1. The predicted octanol–water partition coefficient (Wildman–Crippen LogP) is 19.5. The summed E-state index contributed by atoms with van der Waals surface area (Å²) >= 11 is 0. The van der Waals surface area contributed by atoms with Gasteiger partial charge in [-0.25, -0.2) is 19.9 Å². The van der Waals surface area contributed by atoms with Crippen molar-refractivity contribution < 1.29 is 0 Å². The van der Waals surface area contributed by atoms with Crippen LogP contribution in [-0.2, 0) is 10.8 Å². The summed E-state index contributed by atoms with van der Waals surface area (Å²) in [6.45, 7) is 9.49. The van der Waals surface area contributed by atoms with Crippen LogP contribution in [0.1, 0.15) is 49.9 Å². The molecule has 0 unspecified atom stereocenters. The van der Waals surface area contributed by atoms with Crippen molar-refractivity contribution in [2.24, 2.45) is 0 Å². The van der Waals surface area contributed by atoms with Crippen LogP contribution in [0.15, 0.2) is 255 Å². The summed E-state index contributed by atoms with van der Waals surface area (Å²) in [5, 5.41) is 0. The second kappa shape index (κ2) is 18.4. The molecule has 0 N–H and O–H groups in total. The van der Waals surface area contributed by atoms with E-state index in [1.807, 2.05) is 60.7 Å². The van der Waals surface area contributed by atoms with Crippen molar-refractivity contribution in [3.8, 4) is 112 Å². The maximum Gasteiger partial charge on any atom is 0.0973 e. The summed E-state index contributed by atoms with van der Waals surface area (Å²) in [5.74, 6) is 0. The van der Waals surface area contributed by atoms with Gasteiger partial charge in [-0.1, -0.05) is 222 Å². The lowest BCUT2D eigenvalue weighted by molar-refractivity contribution is 0.660. The summed E-state index contributed by atoms with van der Waals surface area (Å²) < 4.78 is 0. The van der Waals surface area contributed by atoms with Gasteiger partial charge in [0, 0.05) is 33.1 Å². The fourth-order valence-electron chi connectivity index (χ4n) is 12.7. The summed E-state index contributed by atoms with van der Waals surface area (Å²) in [5.41, 5.74) is 31.1. The highest BCUT2D eigenvalue weighted by Crippen LogP contribution is 2.53. The van der Waals surface area contributed by atoms with Crippen molar-refractivity contribution in [2.75, 3.05) is 0 Å². The highest BCUT2D eigenvalue weighted by molar-refractivity contribution is 5.92. The highest BCUT2D eigenvalue weighted by atomic mass is 14.8. The van der Waals surface area contributed by atoms with E-state index >= 15 is 0 Å². The smallest absolute Gasteiger partial charge is 0.0973 e. The molecule has 0 fully saturated rings. The Morgan fingerprint density at radius 1 is 0.200 bits per heavy atom. The van der Waals surface area contributed by atoms with E-state index in [1.165, 1.54) is 77.9 Å². The number of benzene rings is 11. The van der Waals surface area contributed by atoms with Gasteiger partial charge in [-0.15, -0.1) is 0 Å². The lowest BCUT2D eigenvalue weighted by atomic mass is 9.80. The molecule has 0 saturated carbocycles. The zero-order valence-corrected chi connectivity index (χ0v) is 45.0. The van der Waals surface area contributed by atoms with E-state index in [4.69, 9.17) is 19.9 Å². The summed E-state index contributed by atoms with van der Waals surface area (Å²) in [6, 6.07) is 91.9. The lowest BCUT2D eigenvalue weighted by Crippen LogP contribution is -2.15. The quantitative estimate of drug-likeness (QED) is 0.152. The van der Waals surface area contributed by atoms with Gasteiger partial charge in [0.25, 0.3) is 0 Å². The van der Waals surface area contributed by atoms with Crippen molar-refractivity contribution in [3.05, 3.63) is 277 Å². The Morgan fingerprint density at radius 2 is 0.438 bits per heavy atom. The molecule has 2 heterocycles. The van der Waals surface area contributed by atoms with E-state index < -0.39 is 0 Å². The molecule has 0 aliphatic heterocycles. The molecule has 0 amide bonds. The third kappa shape index (κ3) is 7.81. The van der Waals surface area contributed by atoms with Crippen molar-refractivity contribution in [1.29, 1.82) is 0 Å². The molecule has 0 atom stereocenters. The molecule has 0 radical (unpaired) electrons. The first-order valence-corrected chi connectivity index (χ1v) is 27.7. The Bertz CT molecular complexity index is 4330. The van der Waals surface area contributed by atoms with Crippen molar-refractivity contribution in [2.45, 2.75) is 38.5 Å². The monoisotopic (exact) mass is 1020 g/mol. The summed E-state index contributed by atoms with van der Waals surface area (Å²) in [7, 11) is 0. The van der Waals surface area contributed by atoms with Crippen molar-refractivity contribution in [1.82, 2.24) is 19.9 Å². The van der Waals surface area contributed by atoms with Crippen LogP contribution in [0.25, 0.3) is 134 Å². The second-order valence-electron chi connectivity index (χ2n) is 22.6. The lowest BCUT2D eigenvalue weighted by Gasteiger charge is -2.23. The standard InChI is InChI=1S/C76H54N4/c1-75(2)63-43-53(33-37-59(63)61-39-35-55(45-65(61)75)51-21-15-23-57(41-51)73-71(49-17-7-5-8-18-49)77-67-25-11-13-27-69(67)79-73)47-29-31-48(32-30-47)54-34-38-60-62-40-36-56(46-66(62)76(3,4)64(60)44-54)52-22-16-24-58(42-52)74-72(50-19-9-6-10-20-50)78-68-26-12-14-28-70(68)80-74/h5-46H,1-4H3. The van der Waals surface area contributed by atoms with Crippen LogP contribution in [0.2, 0.25) is 0 Å². The maximum atomic E-state index is 5.21. The van der Waals surface area contributed by atoms with Crippen LogP contribution in [0.5, 0.6) is 0 Å². The molecule has 0 bridgehead atoms. The SMILES string of the molecule is CC1(C)c2cc(-c3ccc(-c4ccc5c(c4)C(C)(C)c4cc(-c6cccc(-c7nc8ccccc8nc7-c7ccccc7)c6)ccc4-5)cc3)ccc2-c2ccc(-c3cccc(-c4nc5ccccc5nc4-c4ccccc4)c3)cc21. The predicted molar refractivity (Wildman–Crippen MR) is 331 cm³/mol. The highest BCUT2D eigenvalue weighted by Gasteiger charge is 2.37. The molecule has 4 heteroatoms. The maximum absolute atomic E-state index is 5.21. The Morgan fingerprint density at radius 3 is 0.762 bits per heavy atom. The van der Waals surface area contributed by atoms with Crippen LogP contribution in [0.4, 0.5) is 0 Å². The number of nitrogens with zero attached hydrogens (tertiary/aromatic N) is 4. The average molecular weight is 1020 g/mol. The Balaban J connectivity index is 0.692. The molecule has 13 aromatic rings. The van der Waals surface area contributed by atoms with Crippen molar-refractivity contribution >= 4 is 22.1 Å². The Hall–Kier alpha value is -9.90. The first kappa shape index (κ1) is 47.3. The molecule has 0 saturated heterocycles. The number of para-hydroxylation sites is 4. The molecule has 4 nitrogen and oxygen atoms in total. The van der Waals surface area contributed by atoms with Gasteiger partial charge < -0.3 is 0 Å². The van der Waals surface area contributed by atoms with E-state index in [-0.39, 0.29) is 10.8 Å². The number of aromatic nitrogens is 4. The average Bonchev–Trinajstić information content (AvgIpc) is 4.07. The van der Waals surface area contributed by atoms with Gasteiger partial charge in [-0.05, 0) is 150 Å². The normalized spacial score (nSPS) is 13.4. The number of hydrogen-bond acceptors (Lipinski definition) is 4. The summed E-state index contributed by atoms with van der Waals surface area (Å²) in [4.78, 5) is 20.7. The van der Waals surface area contributed by atoms with Gasteiger partial charge >= 0.3 is 0 Å². The second-order valence-corrected chi connectivity index (χ2v) is 22.6. The van der Waals surface area contributed by atoms with Gasteiger partial charge in [-0.2, -0.15) is 0 Å². The number of fused-ring (bicyclic) bond motifs is 8. The summed E-state index contributed by atoms with van der Waals surface area (Å²) in [6.07, 6.45) is 0. The molecule has 378 valence electrons. The van der Waals surface area contributed by atoms with E-state index in [1.54, 1.807) is 0 Å². The molecular weight excluding hydrogens is 969 g/mol. The van der Waals surface area contributed by atoms with Crippen molar-refractivity contribution in [3.63, 3.8) is 0 Å². The van der Waals surface area contributed by atoms with Gasteiger partial charge in [0.15, 0.2) is 0 Å². The zero-order chi connectivity index (χ0) is 53.7. The molecule has 2 aliphatic carbocycles. The van der Waals surface area contributed by atoms with Crippen LogP contribution in [0.3, 0.4) is 0 Å². The van der Waals surface area contributed by atoms with Gasteiger partial charge in [0.2, 0.25) is 0 Å².